The molecule has 7 nitrogen and oxygen atoms in total. The molecule has 1 saturated carbocycles. The number of hydrogen-bond acceptors (Lipinski definition) is 8. The van der Waals surface area contributed by atoms with Crippen molar-refractivity contribution in [3.63, 3.8) is 0 Å². The Kier molecular flexibility index (Phi) is 4.07. The molecule has 3 fully saturated rings. The summed E-state index contributed by atoms with van der Waals surface area (Å²) in [5.74, 6) is 2.37. The summed E-state index contributed by atoms with van der Waals surface area (Å²) in [6.07, 6.45) is 4.67. The van der Waals surface area contributed by atoms with Crippen molar-refractivity contribution in [3.8, 4) is 0 Å². The molecule has 27 heavy (non-hydrogen) atoms. The number of nitrogens with zero attached hydrogens (tertiary/aromatic N) is 5. The Balaban J connectivity index is 1.39. The molecule has 1 aliphatic carbocycles. The van der Waals surface area contributed by atoms with Crippen molar-refractivity contribution >= 4 is 46.2 Å². The molecule has 2 bridgehead atoms. The van der Waals surface area contributed by atoms with Gasteiger partial charge in [-0.3, -0.25) is 0 Å². The van der Waals surface area contributed by atoms with E-state index < -0.39 is 0 Å². The summed E-state index contributed by atoms with van der Waals surface area (Å²) in [7, 11) is 0. The fourth-order valence-electron chi connectivity index (χ4n) is 3.83. The highest BCUT2D eigenvalue weighted by Gasteiger charge is 2.44. The zero-order valence-corrected chi connectivity index (χ0v) is 16.0. The third-order valence-electron chi connectivity index (χ3n) is 5.39. The van der Waals surface area contributed by atoms with Gasteiger partial charge in [0.1, 0.15) is 22.2 Å². The van der Waals surface area contributed by atoms with Crippen molar-refractivity contribution in [2.24, 2.45) is 17.6 Å². The minimum Gasteiger partial charge on any atom is -0.382 e. The smallest absolute Gasteiger partial charge is 0.179 e. The number of anilines is 2. The molecule has 3 aromatic heterocycles. The van der Waals surface area contributed by atoms with E-state index in [0.29, 0.717) is 34.4 Å². The molecule has 2 aliphatic heterocycles. The van der Waals surface area contributed by atoms with Crippen LogP contribution in [0.2, 0.25) is 5.02 Å². The monoisotopic (exact) mass is 399 g/mol. The number of aromatic nitrogens is 4. The molecule has 5 heterocycles. The van der Waals surface area contributed by atoms with Crippen molar-refractivity contribution in [1.29, 1.82) is 0 Å². The highest BCUT2D eigenvalue weighted by atomic mass is 35.5. The standard InChI is InChI=1S/C18H18ClN7S/c19-15-12(3-4-22-17(15)21)27-14-2-1-11-18(25-14)23-6-13(24-11)26-7-9-5-10(8-26)16(9)20/h1-4,6,9-10,16H,5,7-8,20H2,(H2,21,22)/t9-,10+,16+. The van der Waals surface area contributed by atoms with Crippen LogP contribution >= 0.6 is 23.4 Å². The number of pyridine rings is 2. The van der Waals surface area contributed by atoms with Crippen LogP contribution in [0, 0.1) is 11.8 Å². The molecule has 6 rings (SSSR count). The van der Waals surface area contributed by atoms with E-state index in [-0.39, 0.29) is 0 Å². The fraction of sp³-hybridized carbons (Fsp3) is 0.333. The summed E-state index contributed by atoms with van der Waals surface area (Å²) in [6, 6.07) is 6.03. The summed E-state index contributed by atoms with van der Waals surface area (Å²) in [6.45, 7) is 1.92. The molecule has 0 aromatic carbocycles. The number of piperidine rings is 2. The Morgan fingerprint density at radius 2 is 1.93 bits per heavy atom. The number of fused-ring (bicyclic) bond motifs is 3. The maximum absolute atomic E-state index is 6.22. The topological polar surface area (TPSA) is 107 Å². The molecule has 4 N–H and O–H groups in total. The molecular weight excluding hydrogens is 382 g/mol. The second kappa shape index (κ2) is 6.47. The van der Waals surface area contributed by atoms with Crippen LogP contribution in [0.1, 0.15) is 6.42 Å². The van der Waals surface area contributed by atoms with E-state index in [1.54, 1.807) is 12.4 Å². The fourth-order valence-corrected chi connectivity index (χ4v) is 4.88. The maximum atomic E-state index is 6.22. The van der Waals surface area contributed by atoms with Gasteiger partial charge in [-0.05, 0) is 36.5 Å². The average molecular weight is 400 g/mol. The Morgan fingerprint density at radius 1 is 1.11 bits per heavy atom. The third kappa shape index (κ3) is 2.97. The lowest BCUT2D eigenvalue weighted by molar-refractivity contribution is 0.115. The number of rotatable bonds is 3. The Labute approximate surface area is 165 Å². The van der Waals surface area contributed by atoms with Crippen molar-refractivity contribution < 1.29 is 0 Å². The maximum Gasteiger partial charge on any atom is 0.179 e. The summed E-state index contributed by atoms with van der Waals surface area (Å²) >= 11 is 7.64. The first-order chi connectivity index (χ1) is 13.1. The van der Waals surface area contributed by atoms with Gasteiger partial charge >= 0.3 is 0 Å². The van der Waals surface area contributed by atoms with Crippen LogP contribution in [-0.2, 0) is 0 Å². The molecule has 2 saturated heterocycles. The van der Waals surface area contributed by atoms with Gasteiger partial charge in [0, 0.05) is 30.2 Å². The molecule has 3 aliphatic rings. The molecule has 0 radical (unpaired) electrons. The molecule has 0 unspecified atom stereocenters. The Bertz CT molecular complexity index is 1020. The van der Waals surface area contributed by atoms with Crippen LogP contribution in [0.3, 0.4) is 0 Å². The third-order valence-corrected chi connectivity index (χ3v) is 6.90. The predicted octanol–water partition coefficient (Wildman–Crippen LogP) is 2.59. The summed E-state index contributed by atoms with van der Waals surface area (Å²) in [5.41, 5.74) is 13.3. The van der Waals surface area contributed by atoms with Crippen LogP contribution in [0.5, 0.6) is 0 Å². The minimum absolute atomic E-state index is 0.311. The first kappa shape index (κ1) is 17.0. The average Bonchev–Trinajstić information content (AvgIpc) is 2.70. The second-order valence-electron chi connectivity index (χ2n) is 7.07. The Hall–Kier alpha value is -2.16. The molecule has 0 amide bonds. The number of nitrogen functional groups attached to an aromatic ring is 1. The van der Waals surface area contributed by atoms with E-state index in [1.165, 1.54) is 18.2 Å². The largest absolute Gasteiger partial charge is 0.382 e. The van der Waals surface area contributed by atoms with Gasteiger partial charge in [0.05, 0.1) is 11.2 Å². The summed E-state index contributed by atoms with van der Waals surface area (Å²) < 4.78 is 0. The van der Waals surface area contributed by atoms with Crippen molar-refractivity contribution in [2.45, 2.75) is 22.4 Å². The van der Waals surface area contributed by atoms with Crippen LogP contribution in [0.25, 0.3) is 11.2 Å². The normalized spacial score (nSPS) is 24.1. The molecule has 138 valence electrons. The van der Waals surface area contributed by atoms with E-state index in [4.69, 9.17) is 28.1 Å². The highest BCUT2D eigenvalue weighted by Crippen LogP contribution is 2.40. The van der Waals surface area contributed by atoms with Gasteiger partial charge in [0.25, 0.3) is 0 Å². The van der Waals surface area contributed by atoms with Crippen molar-refractivity contribution in [3.05, 3.63) is 35.6 Å². The van der Waals surface area contributed by atoms with Crippen LogP contribution in [0.15, 0.2) is 40.5 Å². The number of halogens is 1. The number of hydrogen-bond donors (Lipinski definition) is 2. The van der Waals surface area contributed by atoms with Crippen LogP contribution in [-0.4, -0.2) is 39.1 Å². The zero-order valence-electron chi connectivity index (χ0n) is 14.4. The van der Waals surface area contributed by atoms with Crippen LogP contribution < -0.4 is 16.4 Å². The second-order valence-corrected chi connectivity index (χ2v) is 8.51. The van der Waals surface area contributed by atoms with E-state index in [9.17, 15) is 0 Å². The van der Waals surface area contributed by atoms with Gasteiger partial charge in [-0.15, -0.1) is 0 Å². The van der Waals surface area contributed by atoms with Gasteiger partial charge in [0.15, 0.2) is 5.65 Å². The number of nitrogens with two attached hydrogens (primary N) is 2. The van der Waals surface area contributed by atoms with Crippen molar-refractivity contribution in [2.75, 3.05) is 23.7 Å². The lowest BCUT2D eigenvalue weighted by Gasteiger charge is -2.52. The lowest BCUT2D eigenvalue weighted by atomic mass is 9.67. The van der Waals surface area contributed by atoms with Crippen LogP contribution in [0.4, 0.5) is 11.6 Å². The SMILES string of the molecule is Nc1nccc(Sc2ccc3nc(N4C[C@H]5C[C@@H](C4)[C@H]5N)cnc3n2)c1Cl. The first-order valence-corrected chi connectivity index (χ1v) is 10.00. The van der Waals surface area contributed by atoms with E-state index in [2.05, 4.69) is 19.9 Å². The molecule has 3 aromatic rings. The van der Waals surface area contributed by atoms with Gasteiger partial charge < -0.3 is 16.4 Å². The molecule has 3 atom stereocenters. The van der Waals surface area contributed by atoms with E-state index in [0.717, 1.165) is 34.3 Å². The molecule has 9 heteroatoms. The zero-order chi connectivity index (χ0) is 18.5. The quantitative estimate of drug-likeness (QED) is 0.692. The lowest BCUT2D eigenvalue weighted by Crippen LogP contribution is -2.62. The van der Waals surface area contributed by atoms with Gasteiger partial charge in [-0.1, -0.05) is 23.4 Å². The minimum atomic E-state index is 0.311. The highest BCUT2D eigenvalue weighted by molar-refractivity contribution is 7.99. The Morgan fingerprint density at radius 3 is 2.70 bits per heavy atom. The van der Waals surface area contributed by atoms with Gasteiger partial charge in [-0.2, -0.15) is 0 Å². The van der Waals surface area contributed by atoms with E-state index >= 15 is 0 Å². The summed E-state index contributed by atoms with van der Waals surface area (Å²) in [4.78, 5) is 20.9. The molecular formula is C18H18ClN7S. The van der Waals surface area contributed by atoms with E-state index in [1.807, 2.05) is 18.2 Å². The predicted molar refractivity (Wildman–Crippen MR) is 107 cm³/mol. The molecule has 0 spiro atoms. The summed E-state index contributed by atoms with van der Waals surface area (Å²) in [5, 5.41) is 1.22. The van der Waals surface area contributed by atoms with Gasteiger partial charge in [0.2, 0.25) is 0 Å². The first-order valence-electron chi connectivity index (χ1n) is 8.80. The van der Waals surface area contributed by atoms with Crippen molar-refractivity contribution in [1.82, 2.24) is 19.9 Å². The van der Waals surface area contributed by atoms with Gasteiger partial charge in [-0.25, -0.2) is 19.9 Å².